The zero-order valence-electron chi connectivity index (χ0n) is 15.8. The molecule has 6 heteroatoms. The molecule has 0 radical (unpaired) electrons. The normalized spacial score (nSPS) is 16.0. The van der Waals surface area contributed by atoms with Gasteiger partial charge in [0.05, 0.1) is 0 Å². The van der Waals surface area contributed by atoms with Crippen molar-refractivity contribution >= 4 is 28.9 Å². The molecule has 27 heavy (non-hydrogen) atoms. The van der Waals surface area contributed by atoms with E-state index in [1.807, 2.05) is 19.1 Å². The summed E-state index contributed by atoms with van der Waals surface area (Å²) in [6, 6.07) is 15.0. The van der Waals surface area contributed by atoms with Crippen LogP contribution in [0.4, 0.5) is 11.4 Å². The lowest BCUT2D eigenvalue weighted by Crippen LogP contribution is -2.44. The summed E-state index contributed by atoms with van der Waals surface area (Å²) in [5.74, 6) is 0.478. The van der Waals surface area contributed by atoms with Crippen molar-refractivity contribution in [3.8, 4) is 5.75 Å². The number of amides is 1. The van der Waals surface area contributed by atoms with Gasteiger partial charge in [0.2, 0.25) is 0 Å². The molecule has 1 heterocycles. The number of nitrogens with one attached hydrogen (secondary N) is 1. The number of hydrogen-bond donors (Lipinski definition) is 1. The van der Waals surface area contributed by atoms with Crippen LogP contribution >= 0.6 is 11.6 Å². The summed E-state index contributed by atoms with van der Waals surface area (Å²) >= 11 is 5.89. The highest BCUT2D eigenvalue weighted by Crippen LogP contribution is 2.21. The zero-order valence-corrected chi connectivity index (χ0v) is 16.6. The van der Waals surface area contributed by atoms with E-state index < -0.39 is 6.10 Å². The Morgan fingerprint density at radius 3 is 2.30 bits per heavy atom. The van der Waals surface area contributed by atoms with E-state index in [0.29, 0.717) is 17.2 Å². The zero-order chi connectivity index (χ0) is 19.2. The molecule has 1 atom stereocenters. The first-order valence-corrected chi connectivity index (χ1v) is 9.69. The van der Waals surface area contributed by atoms with E-state index >= 15 is 0 Å². The van der Waals surface area contributed by atoms with Gasteiger partial charge in [0, 0.05) is 42.6 Å². The largest absolute Gasteiger partial charge is 0.481 e. The van der Waals surface area contributed by atoms with Crippen LogP contribution < -0.4 is 15.0 Å². The number of halogens is 1. The Kier molecular flexibility index (Phi) is 6.58. The summed E-state index contributed by atoms with van der Waals surface area (Å²) in [7, 11) is 2.15. The minimum atomic E-state index is -0.552. The van der Waals surface area contributed by atoms with Crippen molar-refractivity contribution in [2.45, 2.75) is 19.4 Å². The monoisotopic (exact) mass is 387 g/mol. The standard InChI is InChI=1S/C21H26ClN3O2/c1-3-20(27-19-10-4-16(22)5-11-19)21(26)23-17-6-8-18(9-7-17)25-14-12-24(2)13-15-25/h4-11,20H,3,12-15H2,1-2H3,(H,23,26). The Balaban J connectivity index is 1.58. The van der Waals surface area contributed by atoms with Crippen LogP contribution in [0.15, 0.2) is 48.5 Å². The highest BCUT2D eigenvalue weighted by Gasteiger charge is 2.19. The summed E-state index contributed by atoms with van der Waals surface area (Å²) in [6.45, 7) is 6.11. The van der Waals surface area contributed by atoms with Gasteiger partial charge in [-0.2, -0.15) is 0 Å². The Bertz CT molecular complexity index is 741. The molecule has 1 unspecified atom stereocenters. The minimum Gasteiger partial charge on any atom is -0.481 e. The lowest BCUT2D eigenvalue weighted by atomic mass is 10.2. The van der Waals surface area contributed by atoms with Crippen LogP contribution in [0, 0.1) is 0 Å². The molecule has 2 aromatic carbocycles. The Morgan fingerprint density at radius 1 is 1.07 bits per heavy atom. The molecule has 1 amide bonds. The van der Waals surface area contributed by atoms with Gasteiger partial charge in [0.25, 0.3) is 5.91 Å². The second kappa shape index (κ2) is 9.11. The first-order valence-electron chi connectivity index (χ1n) is 9.32. The number of anilines is 2. The predicted octanol–water partition coefficient (Wildman–Crippen LogP) is 3.89. The SMILES string of the molecule is CCC(Oc1ccc(Cl)cc1)C(=O)Nc1ccc(N2CCN(C)CC2)cc1. The number of hydrogen-bond acceptors (Lipinski definition) is 4. The predicted molar refractivity (Wildman–Crippen MR) is 111 cm³/mol. The number of ether oxygens (including phenoxy) is 1. The molecule has 1 aliphatic heterocycles. The molecule has 1 N–H and O–H groups in total. The van der Waals surface area contributed by atoms with Gasteiger partial charge in [-0.1, -0.05) is 18.5 Å². The number of likely N-dealkylation sites (N-methyl/N-ethyl adjacent to an activating group) is 1. The van der Waals surface area contributed by atoms with E-state index in [4.69, 9.17) is 16.3 Å². The number of rotatable bonds is 6. The molecule has 0 bridgehead atoms. The van der Waals surface area contributed by atoms with Gasteiger partial charge in [0.1, 0.15) is 5.75 Å². The topological polar surface area (TPSA) is 44.8 Å². The number of carbonyl (C=O) groups excluding carboxylic acids is 1. The molecule has 1 saturated heterocycles. The van der Waals surface area contributed by atoms with E-state index in [0.717, 1.165) is 31.9 Å². The molecular formula is C21H26ClN3O2. The van der Waals surface area contributed by atoms with Crippen molar-refractivity contribution in [1.29, 1.82) is 0 Å². The molecule has 144 valence electrons. The summed E-state index contributed by atoms with van der Waals surface area (Å²) in [6.07, 6.45) is 0.0249. The van der Waals surface area contributed by atoms with Crippen LogP contribution in [0.25, 0.3) is 0 Å². The molecule has 0 spiro atoms. The first kappa shape index (κ1) is 19.5. The van der Waals surface area contributed by atoms with Crippen molar-refractivity contribution in [1.82, 2.24) is 4.90 Å². The van der Waals surface area contributed by atoms with E-state index in [1.165, 1.54) is 5.69 Å². The Hall–Kier alpha value is -2.24. The molecule has 0 aliphatic carbocycles. The second-order valence-electron chi connectivity index (χ2n) is 6.80. The molecule has 0 saturated carbocycles. The molecule has 0 aromatic heterocycles. The third-order valence-electron chi connectivity index (χ3n) is 4.76. The van der Waals surface area contributed by atoms with Crippen molar-refractivity contribution in [2.24, 2.45) is 0 Å². The van der Waals surface area contributed by atoms with Gasteiger partial charge < -0.3 is 19.9 Å². The molecule has 3 rings (SSSR count). The van der Waals surface area contributed by atoms with Crippen molar-refractivity contribution in [2.75, 3.05) is 43.4 Å². The maximum atomic E-state index is 12.6. The average molecular weight is 388 g/mol. The van der Waals surface area contributed by atoms with Crippen LogP contribution in [-0.2, 0) is 4.79 Å². The summed E-state index contributed by atoms with van der Waals surface area (Å²) in [5.41, 5.74) is 1.96. The van der Waals surface area contributed by atoms with Gasteiger partial charge in [-0.25, -0.2) is 0 Å². The lowest BCUT2D eigenvalue weighted by molar-refractivity contribution is -0.122. The molecular weight excluding hydrogens is 362 g/mol. The Labute approximate surface area is 165 Å². The van der Waals surface area contributed by atoms with Crippen LogP contribution in [-0.4, -0.2) is 50.1 Å². The van der Waals surface area contributed by atoms with E-state index in [1.54, 1.807) is 24.3 Å². The molecule has 2 aromatic rings. The lowest BCUT2D eigenvalue weighted by Gasteiger charge is -2.34. The number of piperazine rings is 1. The number of nitrogens with zero attached hydrogens (tertiary/aromatic N) is 2. The van der Waals surface area contributed by atoms with Gasteiger partial charge in [0.15, 0.2) is 6.10 Å². The molecule has 1 fully saturated rings. The molecule has 1 aliphatic rings. The summed E-state index contributed by atoms with van der Waals surface area (Å²) in [4.78, 5) is 17.3. The summed E-state index contributed by atoms with van der Waals surface area (Å²) in [5, 5.41) is 3.58. The number of benzene rings is 2. The highest BCUT2D eigenvalue weighted by atomic mass is 35.5. The van der Waals surface area contributed by atoms with Gasteiger partial charge >= 0.3 is 0 Å². The molecule has 5 nitrogen and oxygen atoms in total. The first-order chi connectivity index (χ1) is 13.0. The maximum absolute atomic E-state index is 12.6. The highest BCUT2D eigenvalue weighted by molar-refractivity contribution is 6.30. The van der Waals surface area contributed by atoms with E-state index in [2.05, 4.69) is 34.3 Å². The van der Waals surface area contributed by atoms with E-state index in [-0.39, 0.29) is 5.91 Å². The van der Waals surface area contributed by atoms with Crippen LogP contribution in [0.5, 0.6) is 5.75 Å². The van der Waals surface area contributed by atoms with Gasteiger partial charge in [-0.05, 0) is 62.0 Å². The van der Waals surface area contributed by atoms with Gasteiger partial charge in [-0.15, -0.1) is 0 Å². The number of carbonyl (C=O) groups is 1. The quantitative estimate of drug-likeness (QED) is 0.816. The average Bonchev–Trinajstić information content (AvgIpc) is 2.69. The van der Waals surface area contributed by atoms with Crippen LogP contribution in [0.1, 0.15) is 13.3 Å². The van der Waals surface area contributed by atoms with Crippen molar-refractivity contribution in [3.63, 3.8) is 0 Å². The Morgan fingerprint density at radius 2 is 1.70 bits per heavy atom. The fourth-order valence-electron chi connectivity index (χ4n) is 3.04. The smallest absolute Gasteiger partial charge is 0.265 e. The second-order valence-corrected chi connectivity index (χ2v) is 7.23. The van der Waals surface area contributed by atoms with E-state index in [9.17, 15) is 4.79 Å². The minimum absolute atomic E-state index is 0.153. The van der Waals surface area contributed by atoms with Crippen molar-refractivity contribution in [3.05, 3.63) is 53.6 Å². The van der Waals surface area contributed by atoms with Crippen LogP contribution in [0.2, 0.25) is 5.02 Å². The van der Waals surface area contributed by atoms with Crippen LogP contribution in [0.3, 0.4) is 0 Å². The third kappa shape index (κ3) is 5.37. The fraction of sp³-hybridized carbons (Fsp3) is 0.381. The summed E-state index contributed by atoms with van der Waals surface area (Å²) < 4.78 is 5.80. The maximum Gasteiger partial charge on any atom is 0.265 e. The van der Waals surface area contributed by atoms with Crippen molar-refractivity contribution < 1.29 is 9.53 Å². The van der Waals surface area contributed by atoms with Gasteiger partial charge in [-0.3, -0.25) is 4.79 Å². The fourth-order valence-corrected chi connectivity index (χ4v) is 3.17. The third-order valence-corrected chi connectivity index (χ3v) is 5.01.